The van der Waals surface area contributed by atoms with Gasteiger partial charge in [0.15, 0.2) is 0 Å². The predicted octanol–water partition coefficient (Wildman–Crippen LogP) is 6.34. The van der Waals surface area contributed by atoms with Crippen molar-refractivity contribution in [1.82, 2.24) is 5.01 Å². The number of fused-ring (bicyclic) bond motifs is 3. The van der Waals surface area contributed by atoms with E-state index in [1.807, 2.05) is 36.4 Å². The van der Waals surface area contributed by atoms with Crippen LogP contribution in [-0.4, -0.2) is 10.7 Å². The molecule has 0 saturated carbocycles. The molecule has 5 rings (SSSR count). The smallest absolute Gasteiger partial charge is 0.213 e. The third kappa shape index (κ3) is 3.03. The highest BCUT2D eigenvalue weighted by Crippen LogP contribution is 2.47. The summed E-state index contributed by atoms with van der Waals surface area (Å²) < 4.78 is 7.41. The van der Waals surface area contributed by atoms with Crippen molar-refractivity contribution in [1.29, 1.82) is 0 Å². The van der Waals surface area contributed by atoms with Crippen LogP contribution in [0.3, 0.4) is 0 Å². The van der Waals surface area contributed by atoms with Crippen LogP contribution in [-0.2, 0) is 0 Å². The van der Waals surface area contributed by atoms with Crippen LogP contribution >= 0.6 is 27.5 Å². The topological polar surface area (TPSA) is 24.8 Å². The Morgan fingerprint density at radius 3 is 2.48 bits per heavy atom. The van der Waals surface area contributed by atoms with Gasteiger partial charge in [-0.3, -0.25) is 0 Å². The summed E-state index contributed by atoms with van der Waals surface area (Å²) in [5, 5.41) is 7.77. The SMILES string of the molecule is Clc1ccc([C@@H]2Oc3ccccc3[C@H]3CC(c4ccc(Br)cc4)=NN32)cc1. The number of hydrazone groups is 1. The van der Waals surface area contributed by atoms with Gasteiger partial charge in [0.05, 0.1) is 11.8 Å². The van der Waals surface area contributed by atoms with Crippen LogP contribution in [0.25, 0.3) is 0 Å². The second-order valence-corrected chi connectivity index (χ2v) is 8.07. The molecule has 3 aromatic rings. The normalized spacial score (nSPS) is 20.5. The summed E-state index contributed by atoms with van der Waals surface area (Å²) >= 11 is 9.57. The lowest BCUT2D eigenvalue weighted by Gasteiger charge is -2.38. The standard InChI is InChI=1S/C22H16BrClN2O/c23-16-9-5-14(6-10-16)19-13-20-18-3-1-2-4-21(18)27-22(26(20)25-19)15-7-11-17(24)12-8-15/h1-12,20,22H,13H2/t20-,22+/m1/s1. The van der Waals surface area contributed by atoms with E-state index < -0.39 is 0 Å². The zero-order valence-corrected chi connectivity index (χ0v) is 16.7. The molecule has 0 aromatic heterocycles. The first kappa shape index (κ1) is 16.8. The van der Waals surface area contributed by atoms with Gasteiger partial charge in [0.25, 0.3) is 0 Å². The van der Waals surface area contributed by atoms with Crippen molar-refractivity contribution in [2.45, 2.75) is 18.7 Å². The predicted molar refractivity (Wildman–Crippen MR) is 111 cm³/mol. The fraction of sp³-hybridized carbons (Fsp3) is 0.136. The number of para-hydroxylation sites is 1. The molecule has 0 fully saturated rings. The zero-order valence-electron chi connectivity index (χ0n) is 14.3. The molecular formula is C22H16BrClN2O. The Hall–Kier alpha value is -2.30. The van der Waals surface area contributed by atoms with E-state index in [4.69, 9.17) is 21.4 Å². The Labute approximate surface area is 171 Å². The molecule has 3 aromatic carbocycles. The maximum atomic E-state index is 6.34. The van der Waals surface area contributed by atoms with Crippen LogP contribution in [0.5, 0.6) is 5.75 Å². The molecule has 3 nitrogen and oxygen atoms in total. The van der Waals surface area contributed by atoms with Gasteiger partial charge in [0.1, 0.15) is 5.75 Å². The maximum absolute atomic E-state index is 6.34. The van der Waals surface area contributed by atoms with E-state index >= 15 is 0 Å². The molecule has 0 spiro atoms. The van der Waals surface area contributed by atoms with Gasteiger partial charge in [-0.05, 0) is 35.9 Å². The molecule has 134 valence electrons. The lowest BCUT2D eigenvalue weighted by molar-refractivity contribution is -0.0190. The van der Waals surface area contributed by atoms with Crippen LogP contribution in [0, 0.1) is 0 Å². The van der Waals surface area contributed by atoms with Crippen molar-refractivity contribution in [2.24, 2.45) is 5.10 Å². The van der Waals surface area contributed by atoms with E-state index in [0.717, 1.165) is 33.5 Å². The first-order valence-corrected chi connectivity index (χ1v) is 9.99. The van der Waals surface area contributed by atoms with E-state index in [9.17, 15) is 0 Å². The molecule has 2 heterocycles. The number of halogens is 2. The highest BCUT2D eigenvalue weighted by atomic mass is 79.9. The average molecular weight is 440 g/mol. The Bertz CT molecular complexity index is 1020. The first-order chi connectivity index (χ1) is 13.2. The number of ether oxygens (including phenoxy) is 1. The highest BCUT2D eigenvalue weighted by Gasteiger charge is 2.40. The summed E-state index contributed by atoms with van der Waals surface area (Å²) in [6.07, 6.45) is 0.585. The van der Waals surface area contributed by atoms with Crippen LogP contribution in [0.2, 0.25) is 5.02 Å². The van der Waals surface area contributed by atoms with Gasteiger partial charge in [0, 0.05) is 27.0 Å². The monoisotopic (exact) mass is 438 g/mol. The molecule has 0 radical (unpaired) electrons. The Morgan fingerprint density at radius 1 is 0.963 bits per heavy atom. The minimum absolute atomic E-state index is 0.161. The molecule has 0 saturated heterocycles. The maximum Gasteiger partial charge on any atom is 0.213 e. The molecule has 2 atom stereocenters. The Kier molecular flexibility index (Phi) is 4.18. The molecule has 0 amide bonds. The molecule has 0 unspecified atom stereocenters. The van der Waals surface area contributed by atoms with Crippen molar-refractivity contribution in [3.63, 3.8) is 0 Å². The Balaban J connectivity index is 1.58. The van der Waals surface area contributed by atoms with Gasteiger partial charge in [-0.2, -0.15) is 5.10 Å². The molecular weight excluding hydrogens is 424 g/mol. The van der Waals surface area contributed by atoms with Gasteiger partial charge >= 0.3 is 0 Å². The van der Waals surface area contributed by atoms with E-state index in [2.05, 4.69) is 57.3 Å². The second-order valence-electron chi connectivity index (χ2n) is 6.71. The van der Waals surface area contributed by atoms with Crippen molar-refractivity contribution in [3.05, 3.63) is 99.0 Å². The highest BCUT2D eigenvalue weighted by molar-refractivity contribution is 9.10. The minimum Gasteiger partial charge on any atom is -0.464 e. The van der Waals surface area contributed by atoms with Crippen molar-refractivity contribution in [2.75, 3.05) is 0 Å². The Morgan fingerprint density at radius 2 is 1.70 bits per heavy atom. The van der Waals surface area contributed by atoms with Gasteiger partial charge in [-0.1, -0.05) is 70.0 Å². The molecule has 0 aliphatic carbocycles. The number of nitrogens with zero attached hydrogens (tertiary/aromatic N) is 2. The van der Waals surface area contributed by atoms with E-state index in [-0.39, 0.29) is 12.3 Å². The third-order valence-corrected chi connectivity index (χ3v) is 5.81. The van der Waals surface area contributed by atoms with Crippen molar-refractivity contribution >= 4 is 33.2 Å². The molecule has 0 N–H and O–H groups in total. The second kappa shape index (κ2) is 6.70. The van der Waals surface area contributed by atoms with Crippen LogP contribution in [0.1, 0.15) is 35.4 Å². The summed E-state index contributed by atoms with van der Waals surface area (Å²) in [4.78, 5) is 0. The van der Waals surface area contributed by atoms with Gasteiger partial charge < -0.3 is 4.74 Å². The van der Waals surface area contributed by atoms with E-state index in [1.165, 1.54) is 5.56 Å². The molecule has 0 bridgehead atoms. The molecule has 5 heteroatoms. The lowest BCUT2D eigenvalue weighted by atomic mass is 9.96. The summed E-state index contributed by atoms with van der Waals surface area (Å²) in [6, 6.07) is 24.5. The fourth-order valence-electron chi connectivity index (χ4n) is 3.70. The number of benzene rings is 3. The quantitative estimate of drug-likeness (QED) is 0.465. The van der Waals surface area contributed by atoms with Crippen LogP contribution < -0.4 is 4.74 Å². The summed E-state index contributed by atoms with van der Waals surface area (Å²) in [6.45, 7) is 0. The third-order valence-electron chi connectivity index (χ3n) is 5.03. The van der Waals surface area contributed by atoms with Gasteiger partial charge in [-0.15, -0.1) is 0 Å². The van der Waals surface area contributed by atoms with Crippen LogP contribution in [0.4, 0.5) is 0 Å². The zero-order chi connectivity index (χ0) is 18.4. The lowest BCUT2D eigenvalue weighted by Crippen LogP contribution is -2.33. The summed E-state index contributed by atoms with van der Waals surface area (Å²) in [5.41, 5.74) is 4.44. The summed E-state index contributed by atoms with van der Waals surface area (Å²) in [5.74, 6) is 0.922. The number of hydrogen-bond donors (Lipinski definition) is 0. The molecule has 2 aliphatic rings. The average Bonchev–Trinajstić information content (AvgIpc) is 3.14. The van der Waals surface area contributed by atoms with Gasteiger partial charge in [0.2, 0.25) is 6.23 Å². The number of rotatable bonds is 2. The van der Waals surface area contributed by atoms with Crippen molar-refractivity contribution < 1.29 is 4.74 Å². The fourth-order valence-corrected chi connectivity index (χ4v) is 4.09. The molecule has 2 aliphatic heterocycles. The number of hydrogen-bond acceptors (Lipinski definition) is 3. The van der Waals surface area contributed by atoms with Crippen molar-refractivity contribution in [3.8, 4) is 5.75 Å². The minimum atomic E-state index is -0.268. The van der Waals surface area contributed by atoms with Crippen LogP contribution in [0.15, 0.2) is 82.4 Å². The van der Waals surface area contributed by atoms with E-state index in [0.29, 0.717) is 5.02 Å². The van der Waals surface area contributed by atoms with E-state index in [1.54, 1.807) is 0 Å². The largest absolute Gasteiger partial charge is 0.464 e. The molecule has 27 heavy (non-hydrogen) atoms. The first-order valence-electron chi connectivity index (χ1n) is 8.82. The summed E-state index contributed by atoms with van der Waals surface area (Å²) in [7, 11) is 0. The van der Waals surface area contributed by atoms with Gasteiger partial charge in [-0.25, -0.2) is 5.01 Å².